The number of phenols is 1. The molecule has 252 valence electrons. The van der Waals surface area contributed by atoms with E-state index >= 15 is 4.39 Å². The molecule has 4 aromatic rings. The number of carbonyl (C=O) groups excluding carboxylic acids is 1. The molecule has 10 nitrogen and oxygen atoms in total. The van der Waals surface area contributed by atoms with Crippen LogP contribution in [-0.4, -0.2) is 87.4 Å². The molecule has 4 fully saturated rings. The molecule has 2 N–H and O–H groups in total. The average molecular weight is 667 g/mol. The van der Waals surface area contributed by atoms with E-state index in [-0.39, 0.29) is 75.7 Å². The quantitative estimate of drug-likeness (QED) is 0.161. The summed E-state index contributed by atoms with van der Waals surface area (Å²) in [5.74, 6) is 1.04. The minimum Gasteiger partial charge on any atom is -0.508 e. The van der Waals surface area contributed by atoms with Crippen molar-refractivity contribution in [2.24, 2.45) is 0 Å². The normalized spacial score (nSPS) is 24.8. The number of phenolic OH excluding ortho intramolecular Hbond substituents is 1. The van der Waals surface area contributed by atoms with Crippen LogP contribution in [0.2, 0.25) is 0 Å². The lowest BCUT2D eigenvalue weighted by Gasteiger charge is -2.35. The molecule has 6 heterocycles. The third-order valence-corrected chi connectivity index (χ3v) is 10.5. The zero-order valence-corrected chi connectivity index (χ0v) is 27.1. The third kappa shape index (κ3) is 5.41. The number of pyridine rings is 1. The van der Waals surface area contributed by atoms with Gasteiger partial charge >= 0.3 is 12.0 Å². The summed E-state index contributed by atoms with van der Waals surface area (Å²) in [4.78, 5) is 30.0. The van der Waals surface area contributed by atoms with Crippen LogP contribution in [0.3, 0.4) is 0 Å². The summed E-state index contributed by atoms with van der Waals surface area (Å²) in [7, 11) is 0. The predicted octanol–water partition coefficient (Wildman–Crippen LogP) is 4.86. The van der Waals surface area contributed by atoms with E-state index in [4.69, 9.17) is 20.9 Å². The van der Waals surface area contributed by atoms with Gasteiger partial charge in [0.15, 0.2) is 5.82 Å². The van der Waals surface area contributed by atoms with Crippen LogP contribution in [0.25, 0.3) is 32.9 Å². The molecule has 0 saturated carbocycles. The number of esters is 1. The van der Waals surface area contributed by atoms with Gasteiger partial charge in [0, 0.05) is 61.8 Å². The molecule has 49 heavy (non-hydrogen) atoms. The summed E-state index contributed by atoms with van der Waals surface area (Å²) in [6.45, 7) is 8.21. The lowest BCUT2D eigenvalue weighted by molar-refractivity contribution is -0.142. The molecule has 0 spiro atoms. The highest BCUT2D eigenvalue weighted by molar-refractivity contribution is 6.03. The second-order valence-electron chi connectivity index (χ2n) is 13.8. The zero-order chi connectivity index (χ0) is 34.0. The summed E-state index contributed by atoms with van der Waals surface area (Å²) in [5.41, 5.74) is 0.641. The molecule has 0 aliphatic carbocycles. The Bertz CT molecular complexity index is 2070. The van der Waals surface area contributed by atoms with Crippen molar-refractivity contribution in [2.45, 2.75) is 62.7 Å². The van der Waals surface area contributed by atoms with Crippen molar-refractivity contribution in [1.82, 2.24) is 25.2 Å². The first-order chi connectivity index (χ1) is 23.6. The summed E-state index contributed by atoms with van der Waals surface area (Å²) < 4.78 is 43.6. The number of piperazine rings is 1. The number of rotatable bonds is 7. The van der Waals surface area contributed by atoms with Crippen molar-refractivity contribution < 1.29 is 28.2 Å². The van der Waals surface area contributed by atoms with Gasteiger partial charge in [0.05, 0.1) is 16.5 Å². The first-order valence-electron chi connectivity index (χ1n) is 16.6. The number of fused-ring (bicyclic) bond motifs is 5. The van der Waals surface area contributed by atoms with E-state index in [0.717, 1.165) is 31.3 Å². The Morgan fingerprint density at radius 2 is 2.00 bits per heavy atom. The fraction of sp³-hybridized carbons (Fsp3) is 0.405. The number of anilines is 1. The number of hydrogen-bond acceptors (Lipinski definition) is 10. The van der Waals surface area contributed by atoms with Crippen LogP contribution >= 0.6 is 0 Å². The molecule has 2 aromatic heterocycles. The molecule has 4 saturated heterocycles. The van der Waals surface area contributed by atoms with Gasteiger partial charge in [0.2, 0.25) is 0 Å². The number of aromatic hydroxyl groups is 1. The lowest BCUT2D eigenvalue weighted by Crippen LogP contribution is -2.51. The standard InChI is InChI=1S/C37H36F2N6O4/c1-4-27-30(38)8-5-22-11-26(47)12-28(31(22)27)33-32(39)34-29(14-40-33)35(44-16-23-6-7-24(17-44)41-23)43-36(42-34)49-19-37-10-9-25(18-48-21(3)46)45(37)15-20(2)13-37/h1,5,8,11-12,14,23-25,41,47H,2,6-7,9-10,13,15-19H2,3H3. The second-order valence-corrected chi connectivity index (χ2v) is 13.8. The van der Waals surface area contributed by atoms with Crippen LogP contribution in [0.5, 0.6) is 11.8 Å². The van der Waals surface area contributed by atoms with Gasteiger partial charge in [0.1, 0.15) is 41.8 Å². The van der Waals surface area contributed by atoms with E-state index < -0.39 is 11.6 Å². The van der Waals surface area contributed by atoms with Crippen molar-refractivity contribution >= 4 is 33.5 Å². The predicted molar refractivity (Wildman–Crippen MR) is 180 cm³/mol. The number of benzene rings is 2. The fourth-order valence-corrected chi connectivity index (χ4v) is 8.40. The molecule has 0 amide bonds. The summed E-state index contributed by atoms with van der Waals surface area (Å²) in [6.07, 6.45) is 11.7. The molecule has 2 aromatic carbocycles. The van der Waals surface area contributed by atoms with Crippen molar-refractivity contribution in [2.75, 3.05) is 37.7 Å². The highest BCUT2D eigenvalue weighted by atomic mass is 19.1. The molecule has 0 radical (unpaired) electrons. The molecule has 4 aliphatic rings. The van der Waals surface area contributed by atoms with Crippen molar-refractivity contribution in [1.29, 1.82) is 0 Å². The van der Waals surface area contributed by atoms with Crippen LogP contribution in [-0.2, 0) is 9.53 Å². The number of halogens is 2. The van der Waals surface area contributed by atoms with E-state index in [1.54, 1.807) is 0 Å². The molecule has 12 heteroatoms. The molecule has 4 atom stereocenters. The average Bonchev–Trinajstić information content (AvgIpc) is 3.71. The van der Waals surface area contributed by atoms with Crippen LogP contribution in [0.15, 0.2) is 42.6 Å². The summed E-state index contributed by atoms with van der Waals surface area (Å²) in [6, 6.07) is 6.12. The fourth-order valence-electron chi connectivity index (χ4n) is 8.40. The number of nitrogens with one attached hydrogen (secondary N) is 1. The number of aromatic nitrogens is 3. The first kappa shape index (κ1) is 31.4. The molecule has 4 unspecified atom stereocenters. The summed E-state index contributed by atoms with van der Waals surface area (Å²) >= 11 is 0. The van der Waals surface area contributed by atoms with E-state index in [1.165, 1.54) is 37.4 Å². The Morgan fingerprint density at radius 1 is 1.20 bits per heavy atom. The SMILES string of the molecule is C#Cc1c(F)ccc2cc(O)cc(-c3ncc4c(N5CC6CCC(C5)N6)nc(OCC56CCC(COC(C)=O)N5CC(=C)C6)nc4c3F)c12. The number of carbonyl (C=O) groups is 1. The van der Waals surface area contributed by atoms with Gasteiger partial charge in [-0.25, -0.2) is 8.78 Å². The molecular weight excluding hydrogens is 630 g/mol. The molecule has 4 aliphatic heterocycles. The molecule has 2 bridgehead atoms. The van der Waals surface area contributed by atoms with Gasteiger partial charge in [0.25, 0.3) is 0 Å². The van der Waals surface area contributed by atoms with Gasteiger partial charge in [-0.15, -0.1) is 6.42 Å². The minimum atomic E-state index is -0.764. The van der Waals surface area contributed by atoms with Gasteiger partial charge in [-0.05, 0) is 55.7 Å². The van der Waals surface area contributed by atoms with Gasteiger partial charge < -0.3 is 24.8 Å². The number of nitrogens with zero attached hydrogens (tertiary/aromatic N) is 5. The topological polar surface area (TPSA) is 113 Å². The second kappa shape index (κ2) is 11.9. The number of terminal acetylenes is 1. The van der Waals surface area contributed by atoms with Crippen molar-refractivity contribution in [3.8, 4) is 35.4 Å². The van der Waals surface area contributed by atoms with Crippen LogP contribution in [0.4, 0.5) is 14.6 Å². The van der Waals surface area contributed by atoms with E-state index in [0.29, 0.717) is 49.3 Å². The van der Waals surface area contributed by atoms with Crippen LogP contribution in [0, 0.1) is 24.0 Å². The number of hydrogen-bond donors (Lipinski definition) is 2. The Morgan fingerprint density at radius 3 is 2.76 bits per heavy atom. The lowest BCUT2D eigenvalue weighted by atomic mass is 9.94. The maximum absolute atomic E-state index is 16.9. The first-order valence-corrected chi connectivity index (χ1v) is 16.6. The van der Waals surface area contributed by atoms with E-state index in [2.05, 4.69) is 37.6 Å². The Kier molecular flexibility index (Phi) is 7.65. The Balaban J connectivity index is 1.22. The van der Waals surface area contributed by atoms with Crippen molar-refractivity contribution in [3.05, 3.63) is 59.8 Å². The largest absolute Gasteiger partial charge is 0.508 e. The van der Waals surface area contributed by atoms with Gasteiger partial charge in [-0.3, -0.25) is 14.7 Å². The maximum Gasteiger partial charge on any atom is 0.319 e. The van der Waals surface area contributed by atoms with E-state index in [9.17, 15) is 14.3 Å². The highest BCUT2D eigenvalue weighted by Crippen LogP contribution is 2.45. The smallest absolute Gasteiger partial charge is 0.319 e. The maximum atomic E-state index is 16.9. The Hall–Kier alpha value is -4.86. The molecule has 8 rings (SSSR count). The van der Waals surface area contributed by atoms with Gasteiger partial charge in [-0.2, -0.15) is 9.97 Å². The van der Waals surface area contributed by atoms with Crippen LogP contribution < -0.4 is 15.0 Å². The zero-order valence-electron chi connectivity index (χ0n) is 27.1. The minimum absolute atomic E-state index is 0.00428. The van der Waals surface area contributed by atoms with E-state index in [1.807, 2.05) is 0 Å². The third-order valence-electron chi connectivity index (χ3n) is 10.5. The highest BCUT2D eigenvalue weighted by Gasteiger charge is 2.51. The molecular formula is C37H36F2N6O4. The Labute approximate surface area is 282 Å². The summed E-state index contributed by atoms with van der Waals surface area (Å²) in [5, 5.41) is 15.3. The number of ether oxygens (including phenoxy) is 2. The monoisotopic (exact) mass is 666 g/mol. The van der Waals surface area contributed by atoms with Gasteiger partial charge in [-0.1, -0.05) is 24.1 Å². The van der Waals surface area contributed by atoms with Crippen molar-refractivity contribution in [3.63, 3.8) is 0 Å². The van der Waals surface area contributed by atoms with Crippen LogP contribution in [0.1, 0.15) is 44.6 Å².